The van der Waals surface area contributed by atoms with Gasteiger partial charge in [-0.15, -0.1) is 0 Å². The van der Waals surface area contributed by atoms with E-state index in [-0.39, 0.29) is 0 Å². The minimum atomic E-state index is -1.23. The van der Waals surface area contributed by atoms with Crippen LogP contribution in [0.5, 0.6) is 0 Å². The number of benzene rings is 2. The van der Waals surface area contributed by atoms with Crippen LogP contribution in [0.25, 0.3) is 11.1 Å². The van der Waals surface area contributed by atoms with Crippen molar-refractivity contribution in [3.05, 3.63) is 60.2 Å². The summed E-state index contributed by atoms with van der Waals surface area (Å²) in [6, 6.07) is 17.6. The van der Waals surface area contributed by atoms with Crippen molar-refractivity contribution in [1.82, 2.24) is 4.90 Å². The summed E-state index contributed by atoms with van der Waals surface area (Å²) in [7, 11) is 1.17. The van der Waals surface area contributed by atoms with Crippen LogP contribution in [0.3, 0.4) is 0 Å². The van der Waals surface area contributed by atoms with E-state index in [0.29, 0.717) is 5.56 Å². The average molecular weight is 337 g/mol. The first-order valence-electron chi connectivity index (χ1n) is 7.70. The molecule has 128 valence electrons. The third kappa shape index (κ3) is 4.06. The molecule has 0 bridgehead atoms. The Kier molecular flexibility index (Phi) is 5.93. The van der Waals surface area contributed by atoms with Crippen LogP contribution in [0.4, 0.5) is 0 Å². The van der Waals surface area contributed by atoms with Gasteiger partial charge >= 0.3 is 5.97 Å². The Morgan fingerprint density at radius 2 is 1.60 bits per heavy atom. The van der Waals surface area contributed by atoms with Gasteiger partial charge in [0.1, 0.15) is 0 Å². The molecule has 5 heteroatoms. The summed E-state index contributed by atoms with van der Waals surface area (Å²) in [5, 5.41) is 9.62. The van der Waals surface area contributed by atoms with Gasteiger partial charge < -0.3 is 9.84 Å². The second-order valence-corrected chi connectivity index (χ2v) is 5.46. The van der Waals surface area contributed by atoms with Gasteiger partial charge in [-0.2, -0.15) is 0 Å². The van der Waals surface area contributed by atoms with Crippen molar-refractivity contribution in [2.24, 2.45) is 0 Å². The topological polar surface area (TPSA) is 66.8 Å². The molecule has 0 saturated heterocycles. The first kappa shape index (κ1) is 18.2. The summed E-state index contributed by atoms with van der Waals surface area (Å²) in [4.78, 5) is 24.7. The van der Waals surface area contributed by atoms with E-state index in [0.717, 1.165) is 4.90 Å². The van der Waals surface area contributed by atoms with Crippen LogP contribution < -0.4 is 0 Å². The Morgan fingerprint density at radius 3 is 1.92 bits per heavy atom. The highest BCUT2D eigenvalue weighted by molar-refractivity contribution is 5.98. The Labute approximate surface area is 146 Å². The lowest BCUT2D eigenvalue weighted by molar-refractivity contribution is -0.148. The number of amides is 1. The molecule has 2 aliphatic carbocycles. The second-order valence-electron chi connectivity index (χ2n) is 5.46. The van der Waals surface area contributed by atoms with E-state index in [1.165, 1.54) is 25.2 Å². The molecule has 0 saturated carbocycles. The maximum absolute atomic E-state index is 12.2. The summed E-state index contributed by atoms with van der Waals surface area (Å²) < 4.78 is 4.55. The molecular weight excluding hydrogens is 318 g/mol. The van der Waals surface area contributed by atoms with E-state index in [1.807, 2.05) is 0 Å². The maximum Gasteiger partial charge on any atom is 0.332 e. The van der Waals surface area contributed by atoms with Gasteiger partial charge in [0.25, 0.3) is 5.91 Å². The number of aliphatic hydroxyl groups excluding tert-OH is 1. The van der Waals surface area contributed by atoms with Crippen molar-refractivity contribution in [2.75, 3.05) is 7.11 Å². The van der Waals surface area contributed by atoms with Crippen LogP contribution in [0.2, 0.25) is 0 Å². The molecule has 1 N–H and O–H groups in total. The van der Waals surface area contributed by atoms with E-state index in [1.54, 1.807) is 30.3 Å². The van der Waals surface area contributed by atoms with Gasteiger partial charge in [-0.25, -0.2) is 4.79 Å². The first-order chi connectivity index (χ1) is 12.0. The highest BCUT2D eigenvalue weighted by Crippen LogP contribution is 2.29. The van der Waals surface area contributed by atoms with Gasteiger partial charge in [-0.1, -0.05) is 48.9 Å². The minimum absolute atomic E-state index is 0.329. The van der Waals surface area contributed by atoms with E-state index >= 15 is 0 Å². The standard InChI is InChI=1S/C14H15NO4.C6H4/c1-4-15(12(10(2)16)14(18)19-3)13(17)11-8-6-5-7-9-11;1-2-6-4-3-5(1)6/h1,5-10,12,16H,2-3H3;1-4H. The normalized spacial score (nSPS) is 12.6. The van der Waals surface area contributed by atoms with Gasteiger partial charge in [-0.3, -0.25) is 9.69 Å². The van der Waals surface area contributed by atoms with Gasteiger partial charge in [0.2, 0.25) is 0 Å². The second kappa shape index (κ2) is 8.13. The quantitative estimate of drug-likeness (QED) is 0.451. The summed E-state index contributed by atoms with van der Waals surface area (Å²) in [6.07, 6.45) is 4.14. The zero-order valence-electron chi connectivity index (χ0n) is 14.0. The van der Waals surface area contributed by atoms with Crippen molar-refractivity contribution >= 4 is 11.9 Å². The zero-order valence-corrected chi connectivity index (χ0v) is 14.0. The molecule has 1 amide bonds. The zero-order chi connectivity index (χ0) is 18.4. The molecule has 1 aromatic rings. The molecule has 25 heavy (non-hydrogen) atoms. The molecule has 0 spiro atoms. The van der Waals surface area contributed by atoms with Crippen molar-refractivity contribution in [1.29, 1.82) is 0 Å². The molecule has 2 aliphatic rings. The lowest BCUT2D eigenvalue weighted by Gasteiger charge is -2.26. The van der Waals surface area contributed by atoms with Crippen LogP contribution in [0, 0.1) is 12.5 Å². The van der Waals surface area contributed by atoms with Crippen molar-refractivity contribution < 1.29 is 19.4 Å². The number of esters is 1. The fourth-order valence-electron chi connectivity index (χ4n) is 2.29. The molecular formula is C20H19NO4. The summed E-state index contributed by atoms with van der Waals surface area (Å²) >= 11 is 0. The highest BCUT2D eigenvalue weighted by Gasteiger charge is 2.34. The number of ether oxygens (including phenoxy) is 1. The minimum Gasteiger partial charge on any atom is -0.467 e. The van der Waals surface area contributed by atoms with Crippen molar-refractivity contribution in [2.45, 2.75) is 19.1 Å². The van der Waals surface area contributed by atoms with Gasteiger partial charge in [0.15, 0.2) is 6.04 Å². The van der Waals surface area contributed by atoms with Crippen LogP contribution in [0.15, 0.2) is 54.6 Å². The first-order valence-corrected chi connectivity index (χ1v) is 7.70. The fourth-order valence-corrected chi connectivity index (χ4v) is 2.29. The third-order valence-electron chi connectivity index (χ3n) is 3.77. The van der Waals surface area contributed by atoms with Crippen LogP contribution >= 0.6 is 0 Å². The van der Waals surface area contributed by atoms with Gasteiger partial charge in [-0.05, 0) is 30.2 Å². The van der Waals surface area contributed by atoms with Crippen LogP contribution in [-0.4, -0.2) is 41.1 Å². The predicted octanol–water partition coefficient (Wildman–Crippen LogP) is 2.31. The molecule has 0 aliphatic heterocycles. The smallest absolute Gasteiger partial charge is 0.332 e. The fraction of sp³-hybridized carbons (Fsp3) is 0.200. The average Bonchev–Trinajstić information content (AvgIpc) is 2.62. The number of rotatable bonds is 4. The molecule has 0 aromatic heterocycles. The van der Waals surface area contributed by atoms with Crippen LogP contribution in [0.1, 0.15) is 17.3 Å². The van der Waals surface area contributed by atoms with Crippen molar-refractivity contribution in [3.8, 4) is 23.6 Å². The lowest BCUT2D eigenvalue weighted by atomic mass is 9.95. The largest absolute Gasteiger partial charge is 0.467 e. The number of hydrogen-bond donors (Lipinski definition) is 1. The molecule has 1 aromatic carbocycles. The molecule has 2 atom stereocenters. The number of terminal acetylenes is 1. The number of hydrogen-bond acceptors (Lipinski definition) is 4. The third-order valence-corrected chi connectivity index (χ3v) is 3.77. The van der Waals surface area contributed by atoms with E-state index in [4.69, 9.17) is 6.42 Å². The number of nitrogens with zero attached hydrogens (tertiary/aromatic N) is 1. The van der Waals surface area contributed by atoms with E-state index in [2.05, 4.69) is 35.0 Å². The Hall–Kier alpha value is -3.10. The SMILES string of the molecule is C#CN(C(=O)c1ccccc1)C(C(=O)OC)C(C)O.c1cc2ccc1-2. The van der Waals surface area contributed by atoms with Crippen molar-refractivity contribution in [3.63, 3.8) is 0 Å². The number of aliphatic hydroxyl groups is 1. The summed E-state index contributed by atoms with van der Waals surface area (Å²) in [6.45, 7) is 1.37. The highest BCUT2D eigenvalue weighted by atomic mass is 16.5. The van der Waals surface area contributed by atoms with Crippen LogP contribution in [-0.2, 0) is 9.53 Å². The number of carbonyl (C=O) groups excluding carboxylic acids is 2. The summed E-state index contributed by atoms with van der Waals surface area (Å²) in [5.74, 6) is -1.31. The molecule has 0 fully saturated rings. The number of carbonyl (C=O) groups is 2. The van der Waals surface area contributed by atoms with E-state index in [9.17, 15) is 14.7 Å². The number of fused-ring (bicyclic) bond motifs is 1. The molecule has 5 nitrogen and oxygen atoms in total. The molecule has 0 radical (unpaired) electrons. The molecule has 0 heterocycles. The maximum atomic E-state index is 12.2. The number of methoxy groups -OCH3 is 1. The Bertz CT molecular complexity index is 755. The molecule has 2 unspecified atom stereocenters. The monoisotopic (exact) mass is 337 g/mol. The van der Waals surface area contributed by atoms with E-state index < -0.39 is 24.0 Å². The van der Waals surface area contributed by atoms with Gasteiger partial charge in [0, 0.05) is 11.6 Å². The predicted molar refractivity (Wildman–Crippen MR) is 94.4 cm³/mol. The summed E-state index contributed by atoms with van der Waals surface area (Å²) in [5.41, 5.74) is 3.18. The Balaban J connectivity index is 0.000000306. The molecule has 3 rings (SSSR count). The Morgan fingerprint density at radius 1 is 1.08 bits per heavy atom. The van der Waals surface area contributed by atoms with Gasteiger partial charge in [0.05, 0.1) is 13.2 Å². The lowest BCUT2D eigenvalue weighted by Crippen LogP contribution is -2.49.